The van der Waals surface area contributed by atoms with Crippen molar-refractivity contribution in [1.82, 2.24) is 15.0 Å². The Morgan fingerprint density at radius 1 is 0.333 bits per heavy atom. The van der Waals surface area contributed by atoms with Gasteiger partial charge in [0.05, 0.1) is 9.60 Å². The Bertz CT molecular complexity index is 3010. The van der Waals surface area contributed by atoms with E-state index in [9.17, 15) is 0 Å². The largest absolute Gasteiger partial charge is 0.208 e. The van der Waals surface area contributed by atoms with Crippen molar-refractivity contribution >= 4 is 32.3 Å². The van der Waals surface area contributed by atoms with Crippen LogP contribution in [-0.2, 0) is 0 Å². The molecule has 0 radical (unpaired) electrons. The van der Waals surface area contributed by atoms with E-state index in [1.165, 1.54) is 0 Å². The fourth-order valence-corrected chi connectivity index (χ4v) is 6.13. The van der Waals surface area contributed by atoms with Crippen molar-refractivity contribution in [2.75, 3.05) is 0 Å². The van der Waals surface area contributed by atoms with E-state index in [1.807, 2.05) is 91.0 Å². The fraction of sp³-hybridized carbons (Fsp3) is 0. The average molecular weight is 619 g/mol. The fourth-order valence-electron chi connectivity index (χ4n) is 6.13. The summed E-state index contributed by atoms with van der Waals surface area (Å²) in [6.45, 7) is 0. The zero-order valence-corrected chi connectivity index (χ0v) is 25.5. The lowest BCUT2D eigenvalue weighted by Crippen LogP contribution is -2.00. The van der Waals surface area contributed by atoms with Crippen molar-refractivity contribution < 1.29 is 9.60 Å². The molecule has 0 aliphatic carbocycles. The highest BCUT2D eigenvalue weighted by atomic mass is 15.0. The minimum Gasteiger partial charge on any atom is -0.208 e. The second kappa shape index (κ2) is 11.7. The highest BCUT2D eigenvalue weighted by Crippen LogP contribution is 2.34. The number of aromatic nitrogens is 3. The Labute approximate surface area is 288 Å². The first kappa shape index (κ1) is 21.4. The van der Waals surface area contributed by atoms with Gasteiger partial charge in [-0.3, -0.25) is 0 Å². The summed E-state index contributed by atoms with van der Waals surface area (Å²) in [5.41, 5.74) is 5.26. The number of hydrogen-bond donors (Lipinski definition) is 0. The number of rotatable bonds is 5. The Hall–Kier alpha value is -6.45. The predicted molar refractivity (Wildman–Crippen MR) is 200 cm³/mol. The third kappa shape index (κ3) is 5.18. The van der Waals surface area contributed by atoms with Gasteiger partial charge < -0.3 is 0 Å². The van der Waals surface area contributed by atoms with Gasteiger partial charge in [-0.25, -0.2) is 15.0 Å². The van der Waals surface area contributed by atoms with Crippen LogP contribution in [0.5, 0.6) is 0 Å². The van der Waals surface area contributed by atoms with Crippen molar-refractivity contribution in [2.45, 2.75) is 0 Å². The van der Waals surface area contributed by atoms with E-state index in [1.54, 1.807) is 6.07 Å². The molecule has 224 valence electrons. The van der Waals surface area contributed by atoms with Crippen LogP contribution < -0.4 is 0 Å². The molecule has 48 heavy (non-hydrogen) atoms. The van der Waals surface area contributed by atoms with Crippen LogP contribution in [-0.4, -0.2) is 15.0 Å². The van der Waals surface area contributed by atoms with E-state index in [4.69, 9.17) is 24.5 Å². The van der Waals surface area contributed by atoms with E-state index in [0.29, 0.717) is 23.0 Å². The molecule has 0 fully saturated rings. The average Bonchev–Trinajstić information content (AvgIpc) is 3.23. The van der Waals surface area contributed by atoms with Crippen LogP contribution in [0.4, 0.5) is 0 Å². The summed E-state index contributed by atoms with van der Waals surface area (Å²) in [6, 6.07) is 41.3. The Balaban J connectivity index is 1.13. The molecule has 0 aliphatic rings. The number of benzene rings is 8. The standard InChI is InChI=1S/C45H29N3/c1-2-12-32(13-3-1)43-46-44(48-45(47-43)40-25-20-30-10-4-5-14-33(30)28-40)39-17-8-16-34(29-39)35-21-22-37-27-38(24-23-36(37)26-35)42-19-9-15-31-11-6-7-18-41(31)42/h1-29H/i6D,7D,9D,11D,15D,18D,19D. The summed E-state index contributed by atoms with van der Waals surface area (Å²) in [7, 11) is 0. The molecule has 0 amide bonds. The molecule has 0 saturated carbocycles. The van der Waals surface area contributed by atoms with Gasteiger partial charge in [0.15, 0.2) is 17.5 Å². The van der Waals surface area contributed by atoms with Crippen LogP contribution in [0.15, 0.2) is 176 Å². The molecule has 0 bridgehead atoms. The minimum atomic E-state index is -0.471. The number of nitrogens with zero attached hydrogens (tertiary/aromatic N) is 3. The second-order valence-electron chi connectivity index (χ2n) is 11.6. The Kier molecular flexibility index (Phi) is 5.22. The first-order valence-electron chi connectivity index (χ1n) is 19.1. The summed E-state index contributed by atoms with van der Waals surface area (Å²) in [5.74, 6) is 1.71. The van der Waals surface area contributed by atoms with Crippen molar-refractivity contribution in [3.8, 4) is 56.4 Å². The summed E-state index contributed by atoms with van der Waals surface area (Å²) < 4.78 is 59.2. The predicted octanol–water partition coefficient (Wildman–Crippen LogP) is 11.7. The summed E-state index contributed by atoms with van der Waals surface area (Å²) in [5, 5.41) is 4.01. The second-order valence-corrected chi connectivity index (χ2v) is 11.6. The molecule has 0 saturated heterocycles. The van der Waals surface area contributed by atoms with Crippen molar-refractivity contribution in [3.05, 3.63) is 176 Å². The number of hydrogen-bond acceptors (Lipinski definition) is 3. The van der Waals surface area contributed by atoms with Gasteiger partial charge in [-0.05, 0) is 78.8 Å². The zero-order valence-electron chi connectivity index (χ0n) is 32.5. The van der Waals surface area contributed by atoms with Crippen LogP contribution in [0, 0.1) is 0 Å². The lowest BCUT2D eigenvalue weighted by Gasteiger charge is -2.11. The van der Waals surface area contributed by atoms with Crippen LogP contribution in [0.1, 0.15) is 9.60 Å². The lowest BCUT2D eigenvalue weighted by molar-refractivity contribution is 1.07. The van der Waals surface area contributed by atoms with E-state index < -0.39 is 12.1 Å². The first-order chi connectivity index (χ1) is 26.7. The summed E-state index contributed by atoms with van der Waals surface area (Å²) in [4.78, 5) is 14.8. The molecular formula is C45H29N3. The van der Waals surface area contributed by atoms with Gasteiger partial charge in [0.25, 0.3) is 0 Å². The Morgan fingerprint density at radius 3 is 1.69 bits per heavy atom. The monoisotopic (exact) mass is 618 g/mol. The van der Waals surface area contributed by atoms with Crippen molar-refractivity contribution in [3.63, 3.8) is 0 Å². The zero-order chi connectivity index (χ0) is 38.0. The first-order valence-corrected chi connectivity index (χ1v) is 15.6. The molecule has 0 unspecified atom stereocenters. The lowest BCUT2D eigenvalue weighted by atomic mass is 9.94. The van der Waals surface area contributed by atoms with E-state index in [2.05, 4.69) is 36.4 Å². The highest BCUT2D eigenvalue weighted by Gasteiger charge is 2.14. The Morgan fingerprint density at radius 2 is 0.854 bits per heavy atom. The van der Waals surface area contributed by atoms with Gasteiger partial charge in [-0.2, -0.15) is 0 Å². The maximum absolute atomic E-state index is 8.77. The third-order valence-electron chi connectivity index (χ3n) is 8.57. The van der Waals surface area contributed by atoms with Gasteiger partial charge in [0, 0.05) is 16.7 Å². The van der Waals surface area contributed by atoms with Crippen LogP contribution in [0.2, 0.25) is 0 Å². The molecule has 1 aromatic heterocycles. The van der Waals surface area contributed by atoms with E-state index in [0.717, 1.165) is 49.4 Å². The van der Waals surface area contributed by atoms with Crippen molar-refractivity contribution in [1.29, 1.82) is 0 Å². The normalized spacial score (nSPS) is 13.4. The van der Waals surface area contributed by atoms with Gasteiger partial charge in [-0.1, -0.05) is 151 Å². The van der Waals surface area contributed by atoms with Gasteiger partial charge in [-0.15, -0.1) is 0 Å². The van der Waals surface area contributed by atoms with E-state index >= 15 is 0 Å². The van der Waals surface area contributed by atoms with Gasteiger partial charge in [0.2, 0.25) is 0 Å². The minimum absolute atomic E-state index is 0.0595. The van der Waals surface area contributed by atoms with Crippen LogP contribution in [0.25, 0.3) is 88.7 Å². The quantitative estimate of drug-likeness (QED) is 0.193. The van der Waals surface area contributed by atoms with Gasteiger partial charge in [0.1, 0.15) is 0 Å². The molecule has 0 N–H and O–H groups in total. The number of fused-ring (bicyclic) bond motifs is 3. The molecule has 3 heteroatoms. The third-order valence-corrected chi connectivity index (χ3v) is 8.57. The summed E-state index contributed by atoms with van der Waals surface area (Å²) >= 11 is 0. The van der Waals surface area contributed by atoms with Gasteiger partial charge >= 0.3 is 0 Å². The smallest absolute Gasteiger partial charge is 0.164 e. The SMILES string of the molecule is [2H]c1c([2H])c([2H])c2c(-c3ccc4cc(-c5cccc(-c6nc(-c7ccccc7)nc(-c7ccc8ccccc8c7)n6)c5)ccc4c3)c([2H])c([2H])c([2H])c2c1[2H]. The molecule has 0 aliphatic heterocycles. The molecule has 0 spiro atoms. The maximum atomic E-state index is 8.77. The topological polar surface area (TPSA) is 38.7 Å². The van der Waals surface area contributed by atoms with Crippen molar-refractivity contribution in [2.24, 2.45) is 0 Å². The molecule has 3 nitrogen and oxygen atoms in total. The van der Waals surface area contributed by atoms with Crippen LogP contribution >= 0.6 is 0 Å². The molecular weight excluding hydrogens is 583 g/mol. The van der Waals surface area contributed by atoms with E-state index in [-0.39, 0.29) is 46.5 Å². The van der Waals surface area contributed by atoms with Crippen LogP contribution in [0.3, 0.4) is 0 Å². The molecule has 1 heterocycles. The molecule has 9 aromatic rings. The summed E-state index contributed by atoms with van der Waals surface area (Å²) in [6.07, 6.45) is 0. The molecule has 9 rings (SSSR count). The maximum Gasteiger partial charge on any atom is 0.164 e. The highest BCUT2D eigenvalue weighted by molar-refractivity contribution is 5.99. The molecule has 8 aromatic carbocycles. The molecule has 0 atom stereocenters.